The molecule has 5 nitrogen and oxygen atoms in total. The maximum absolute atomic E-state index is 12.4. The number of hydrogen-bond donors (Lipinski definition) is 0. The summed E-state index contributed by atoms with van der Waals surface area (Å²) in [6.45, 7) is 2.83. The van der Waals surface area contributed by atoms with Crippen molar-refractivity contribution in [3.05, 3.63) is 29.8 Å². The SMILES string of the molecule is CC(=O)c1cccc(S(=O)(=O)N(C)CCOCC2CC2)c1. The van der Waals surface area contributed by atoms with E-state index in [1.54, 1.807) is 12.1 Å². The van der Waals surface area contributed by atoms with Crippen LogP contribution in [0.15, 0.2) is 29.2 Å². The van der Waals surface area contributed by atoms with Gasteiger partial charge in [-0.25, -0.2) is 8.42 Å². The van der Waals surface area contributed by atoms with Gasteiger partial charge in [-0.05, 0) is 37.8 Å². The standard InChI is InChI=1S/C15H21NO4S/c1-12(17)14-4-3-5-15(10-14)21(18,19)16(2)8-9-20-11-13-6-7-13/h3-5,10,13H,6-9,11H2,1-2H3. The molecule has 0 heterocycles. The van der Waals surface area contributed by atoms with Crippen molar-refractivity contribution in [2.75, 3.05) is 26.8 Å². The second-order valence-electron chi connectivity index (χ2n) is 5.43. The van der Waals surface area contributed by atoms with Gasteiger partial charge in [-0.2, -0.15) is 4.31 Å². The van der Waals surface area contributed by atoms with E-state index in [0.29, 0.717) is 31.2 Å². The van der Waals surface area contributed by atoms with Gasteiger partial charge in [0.2, 0.25) is 10.0 Å². The lowest BCUT2D eigenvalue weighted by Crippen LogP contribution is -2.30. The first kappa shape index (κ1) is 16.1. The van der Waals surface area contributed by atoms with Crippen LogP contribution < -0.4 is 0 Å². The average molecular weight is 311 g/mol. The number of hydrogen-bond acceptors (Lipinski definition) is 4. The van der Waals surface area contributed by atoms with E-state index in [0.717, 1.165) is 0 Å². The first-order valence-corrected chi connectivity index (χ1v) is 8.50. The van der Waals surface area contributed by atoms with Crippen molar-refractivity contribution in [3.63, 3.8) is 0 Å². The highest BCUT2D eigenvalue weighted by atomic mass is 32.2. The van der Waals surface area contributed by atoms with Gasteiger partial charge in [0.15, 0.2) is 5.78 Å². The van der Waals surface area contributed by atoms with Crippen LogP contribution in [0.3, 0.4) is 0 Å². The van der Waals surface area contributed by atoms with E-state index in [-0.39, 0.29) is 10.7 Å². The molecule has 2 rings (SSSR count). The van der Waals surface area contributed by atoms with E-state index in [4.69, 9.17) is 4.74 Å². The van der Waals surface area contributed by atoms with E-state index in [1.807, 2.05) is 0 Å². The first-order chi connectivity index (χ1) is 9.91. The molecule has 0 saturated heterocycles. The molecule has 1 aliphatic rings. The fourth-order valence-electron chi connectivity index (χ4n) is 1.90. The third-order valence-corrected chi connectivity index (χ3v) is 5.40. The second kappa shape index (κ2) is 6.68. The Morgan fingerprint density at radius 1 is 1.38 bits per heavy atom. The van der Waals surface area contributed by atoms with Crippen LogP contribution >= 0.6 is 0 Å². The Balaban J connectivity index is 1.98. The Morgan fingerprint density at radius 2 is 2.10 bits per heavy atom. The highest BCUT2D eigenvalue weighted by molar-refractivity contribution is 7.89. The highest BCUT2D eigenvalue weighted by Crippen LogP contribution is 2.28. The van der Waals surface area contributed by atoms with Crippen LogP contribution in [0.2, 0.25) is 0 Å². The summed E-state index contributed by atoms with van der Waals surface area (Å²) in [6.07, 6.45) is 2.43. The van der Waals surface area contributed by atoms with Gasteiger partial charge in [-0.1, -0.05) is 12.1 Å². The fraction of sp³-hybridized carbons (Fsp3) is 0.533. The largest absolute Gasteiger partial charge is 0.380 e. The van der Waals surface area contributed by atoms with Crippen molar-refractivity contribution in [3.8, 4) is 0 Å². The van der Waals surface area contributed by atoms with E-state index in [9.17, 15) is 13.2 Å². The Kier molecular flexibility index (Phi) is 5.13. The van der Waals surface area contributed by atoms with Gasteiger partial charge >= 0.3 is 0 Å². The fourth-order valence-corrected chi connectivity index (χ4v) is 3.10. The monoisotopic (exact) mass is 311 g/mol. The number of ether oxygens (including phenoxy) is 1. The minimum absolute atomic E-state index is 0.139. The molecule has 0 bridgehead atoms. The average Bonchev–Trinajstić information content (AvgIpc) is 3.27. The molecule has 0 aliphatic heterocycles. The minimum Gasteiger partial charge on any atom is -0.380 e. The summed E-state index contributed by atoms with van der Waals surface area (Å²) >= 11 is 0. The summed E-state index contributed by atoms with van der Waals surface area (Å²) in [7, 11) is -2.05. The molecule has 0 radical (unpaired) electrons. The van der Waals surface area contributed by atoms with Gasteiger partial charge in [-0.3, -0.25) is 4.79 Å². The minimum atomic E-state index is -3.58. The zero-order valence-electron chi connectivity index (χ0n) is 12.4. The lowest BCUT2D eigenvalue weighted by Gasteiger charge is -2.17. The summed E-state index contributed by atoms with van der Waals surface area (Å²) < 4.78 is 31.5. The zero-order valence-corrected chi connectivity index (χ0v) is 13.2. The zero-order chi connectivity index (χ0) is 15.5. The molecule has 0 unspecified atom stereocenters. The van der Waals surface area contributed by atoms with Crippen LogP contribution in [0.5, 0.6) is 0 Å². The maximum Gasteiger partial charge on any atom is 0.242 e. The molecule has 0 N–H and O–H groups in total. The van der Waals surface area contributed by atoms with Gasteiger partial charge in [0.1, 0.15) is 0 Å². The molecule has 0 amide bonds. The van der Waals surface area contributed by atoms with Crippen LogP contribution in [0, 0.1) is 5.92 Å². The molecule has 116 valence electrons. The molecule has 0 aromatic heterocycles. The maximum atomic E-state index is 12.4. The molecule has 1 aromatic carbocycles. The lowest BCUT2D eigenvalue weighted by molar-refractivity contribution is 0.101. The van der Waals surface area contributed by atoms with Crippen molar-refractivity contribution in [2.45, 2.75) is 24.7 Å². The first-order valence-electron chi connectivity index (χ1n) is 7.06. The van der Waals surface area contributed by atoms with E-state index in [1.165, 1.54) is 43.3 Å². The smallest absolute Gasteiger partial charge is 0.242 e. The van der Waals surface area contributed by atoms with Crippen LogP contribution in [0.4, 0.5) is 0 Å². The van der Waals surface area contributed by atoms with Gasteiger partial charge < -0.3 is 4.74 Å². The normalized spacial score (nSPS) is 15.4. The molecule has 0 atom stereocenters. The molecule has 21 heavy (non-hydrogen) atoms. The molecule has 1 saturated carbocycles. The molecule has 0 spiro atoms. The number of ketones is 1. The number of rotatable bonds is 8. The number of likely N-dealkylation sites (N-methyl/N-ethyl adjacent to an activating group) is 1. The summed E-state index contributed by atoms with van der Waals surface area (Å²) in [4.78, 5) is 11.5. The Bertz CT molecular complexity index is 608. The molecular formula is C15H21NO4S. The van der Waals surface area contributed by atoms with Gasteiger partial charge in [-0.15, -0.1) is 0 Å². The van der Waals surface area contributed by atoms with Crippen molar-refractivity contribution >= 4 is 15.8 Å². The number of carbonyl (C=O) groups excluding carboxylic acids is 1. The van der Waals surface area contributed by atoms with Gasteiger partial charge in [0.05, 0.1) is 11.5 Å². The Morgan fingerprint density at radius 3 is 2.71 bits per heavy atom. The second-order valence-corrected chi connectivity index (χ2v) is 7.47. The molecule has 6 heteroatoms. The molecule has 1 aromatic rings. The Hall–Kier alpha value is -1.24. The summed E-state index contributed by atoms with van der Waals surface area (Å²) in [6, 6.07) is 6.11. The van der Waals surface area contributed by atoms with Crippen LogP contribution in [0.25, 0.3) is 0 Å². The predicted molar refractivity (Wildman–Crippen MR) is 79.8 cm³/mol. The number of nitrogens with zero attached hydrogens (tertiary/aromatic N) is 1. The number of benzene rings is 1. The number of sulfonamides is 1. The highest BCUT2D eigenvalue weighted by Gasteiger charge is 2.23. The topological polar surface area (TPSA) is 63.7 Å². The van der Waals surface area contributed by atoms with E-state index < -0.39 is 10.0 Å². The molecule has 1 aliphatic carbocycles. The van der Waals surface area contributed by atoms with Crippen molar-refractivity contribution in [1.82, 2.24) is 4.31 Å². The van der Waals surface area contributed by atoms with Gasteiger partial charge in [0, 0.05) is 25.8 Å². The summed E-state index contributed by atoms with van der Waals surface area (Å²) in [5, 5.41) is 0. The number of Topliss-reactive ketones (excluding diaryl/α,β-unsaturated/α-hetero) is 1. The summed E-state index contributed by atoms with van der Waals surface area (Å²) in [5.74, 6) is 0.515. The van der Waals surface area contributed by atoms with Crippen LogP contribution in [0.1, 0.15) is 30.1 Å². The van der Waals surface area contributed by atoms with Crippen molar-refractivity contribution in [2.24, 2.45) is 5.92 Å². The van der Waals surface area contributed by atoms with Crippen molar-refractivity contribution < 1.29 is 17.9 Å². The summed E-state index contributed by atoms with van der Waals surface area (Å²) in [5.41, 5.74) is 0.398. The lowest BCUT2D eigenvalue weighted by atomic mass is 10.2. The third-order valence-electron chi connectivity index (χ3n) is 3.55. The molecular weight excluding hydrogens is 290 g/mol. The Labute approximate surface area is 126 Å². The van der Waals surface area contributed by atoms with Gasteiger partial charge in [0.25, 0.3) is 0 Å². The quantitative estimate of drug-likeness (QED) is 0.543. The van der Waals surface area contributed by atoms with Crippen molar-refractivity contribution in [1.29, 1.82) is 0 Å². The van der Waals surface area contributed by atoms with Crippen LogP contribution in [-0.2, 0) is 14.8 Å². The van der Waals surface area contributed by atoms with E-state index in [2.05, 4.69) is 0 Å². The predicted octanol–water partition coefficient (Wildman–Crippen LogP) is 1.94. The van der Waals surface area contributed by atoms with E-state index >= 15 is 0 Å². The van der Waals surface area contributed by atoms with Crippen LogP contribution in [-0.4, -0.2) is 45.3 Å². The third kappa shape index (κ3) is 4.36. The number of carbonyl (C=O) groups is 1. The molecule has 1 fully saturated rings.